The third kappa shape index (κ3) is 4.25. The molecular formula is C24H27N5O3S. The summed E-state index contributed by atoms with van der Waals surface area (Å²) in [5.74, 6) is 1.61. The van der Waals surface area contributed by atoms with Crippen LogP contribution >= 0.6 is 0 Å². The summed E-state index contributed by atoms with van der Waals surface area (Å²) in [6.45, 7) is 1.74. The summed E-state index contributed by atoms with van der Waals surface area (Å²) in [4.78, 5) is 12.9. The van der Waals surface area contributed by atoms with Gasteiger partial charge in [0.15, 0.2) is 0 Å². The second-order valence-electron chi connectivity index (χ2n) is 8.48. The van der Waals surface area contributed by atoms with Gasteiger partial charge < -0.3 is 9.88 Å². The van der Waals surface area contributed by atoms with E-state index in [2.05, 4.69) is 20.1 Å². The number of nitrogens with zero attached hydrogens (tertiary/aromatic N) is 4. The Hall–Kier alpha value is -3.20. The maximum atomic E-state index is 13.3. The van der Waals surface area contributed by atoms with Crippen LogP contribution in [-0.4, -0.2) is 42.2 Å². The summed E-state index contributed by atoms with van der Waals surface area (Å²) in [5, 5.41) is 11.5. The fourth-order valence-electron chi connectivity index (χ4n) is 4.60. The van der Waals surface area contributed by atoms with Gasteiger partial charge in [0, 0.05) is 38.0 Å². The second kappa shape index (κ2) is 8.97. The number of aryl methyl sites for hydroxylation is 1. The number of rotatable bonds is 6. The van der Waals surface area contributed by atoms with Crippen LogP contribution in [0.1, 0.15) is 46.8 Å². The average Bonchev–Trinajstić information content (AvgIpc) is 3.36. The highest BCUT2D eigenvalue weighted by molar-refractivity contribution is 7.92. The fraction of sp³-hybridized carbons (Fsp3) is 0.375. The van der Waals surface area contributed by atoms with E-state index >= 15 is 0 Å². The third-order valence-corrected chi connectivity index (χ3v) is 8.16. The van der Waals surface area contributed by atoms with Crippen molar-refractivity contribution in [3.05, 3.63) is 71.3 Å². The van der Waals surface area contributed by atoms with E-state index in [1.165, 1.54) is 16.8 Å². The topological polar surface area (TPSA) is 97.2 Å². The van der Waals surface area contributed by atoms with E-state index in [0.29, 0.717) is 37.2 Å². The minimum absolute atomic E-state index is 0.120. The molecule has 0 saturated carbocycles. The van der Waals surface area contributed by atoms with Crippen molar-refractivity contribution in [1.82, 2.24) is 20.1 Å². The van der Waals surface area contributed by atoms with Crippen molar-refractivity contribution in [3.8, 4) is 0 Å². The molecule has 172 valence electrons. The molecule has 2 aromatic carbocycles. The van der Waals surface area contributed by atoms with Crippen LogP contribution in [-0.2, 0) is 35.8 Å². The average molecular weight is 466 g/mol. The van der Waals surface area contributed by atoms with Gasteiger partial charge in [0.1, 0.15) is 11.6 Å². The molecule has 8 nitrogen and oxygen atoms in total. The molecule has 0 bridgehead atoms. The van der Waals surface area contributed by atoms with Gasteiger partial charge in [-0.05, 0) is 49.1 Å². The molecule has 3 aromatic rings. The lowest BCUT2D eigenvalue weighted by molar-refractivity contribution is 0.0953. The molecular weight excluding hydrogens is 438 g/mol. The number of anilines is 1. The second-order valence-corrected chi connectivity index (χ2v) is 10.3. The number of carbonyl (C=O) groups excluding carboxylic acids is 1. The molecule has 9 heteroatoms. The summed E-state index contributed by atoms with van der Waals surface area (Å²) in [5.41, 5.74) is 2.05. The zero-order chi connectivity index (χ0) is 22.8. The molecule has 2 aliphatic rings. The molecule has 0 aliphatic carbocycles. The molecule has 5 rings (SSSR count). The van der Waals surface area contributed by atoms with E-state index in [1.54, 1.807) is 18.2 Å². The normalized spacial score (nSPS) is 15.6. The number of fused-ring (bicyclic) bond motifs is 2. The molecule has 0 fully saturated rings. The zero-order valence-corrected chi connectivity index (χ0v) is 19.2. The maximum Gasteiger partial charge on any atom is 0.264 e. The molecule has 33 heavy (non-hydrogen) atoms. The summed E-state index contributed by atoms with van der Waals surface area (Å²) in [6.07, 6.45) is 5.66. The lowest BCUT2D eigenvalue weighted by Gasteiger charge is -2.20. The van der Waals surface area contributed by atoms with Gasteiger partial charge in [0.2, 0.25) is 0 Å². The van der Waals surface area contributed by atoms with Gasteiger partial charge in [-0.25, -0.2) is 8.42 Å². The third-order valence-electron chi connectivity index (χ3n) is 6.35. The van der Waals surface area contributed by atoms with Crippen molar-refractivity contribution in [2.45, 2.75) is 50.0 Å². The largest absolute Gasteiger partial charge is 0.352 e. The predicted octanol–water partition coefficient (Wildman–Crippen LogP) is 2.73. The minimum Gasteiger partial charge on any atom is -0.352 e. The fourth-order valence-corrected chi connectivity index (χ4v) is 6.15. The van der Waals surface area contributed by atoms with E-state index in [0.717, 1.165) is 43.0 Å². The van der Waals surface area contributed by atoms with E-state index < -0.39 is 10.0 Å². The van der Waals surface area contributed by atoms with Crippen LogP contribution in [0.5, 0.6) is 0 Å². The number of nitrogens with one attached hydrogen (secondary N) is 1. The number of para-hydroxylation sites is 1. The van der Waals surface area contributed by atoms with Gasteiger partial charge in [0.05, 0.1) is 10.6 Å². The van der Waals surface area contributed by atoms with Crippen molar-refractivity contribution < 1.29 is 13.2 Å². The standard InChI is InChI=1S/C24H27N5O3S/c30-24(25-14-12-23-27-26-22-11-2-1-5-15-28(22)23)19-8-6-9-20(17-19)33(31,32)29-16-13-18-7-3-4-10-21(18)29/h3-4,6-10,17H,1-2,5,11-16H2,(H,25,30). The smallest absolute Gasteiger partial charge is 0.264 e. The van der Waals surface area contributed by atoms with Crippen molar-refractivity contribution >= 4 is 21.6 Å². The van der Waals surface area contributed by atoms with Gasteiger partial charge >= 0.3 is 0 Å². The van der Waals surface area contributed by atoms with E-state index in [4.69, 9.17) is 0 Å². The highest BCUT2D eigenvalue weighted by Crippen LogP contribution is 2.32. The quantitative estimate of drug-likeness (QED) is 0.604. The Morgan fingerprint density at radius 3 is 2.76 bits per heavy atom. The molecule has 0 spiro atoms. The first-order valence-corrected chi connectivity index (χ1v) is 12.9. The maximum absolute atomic E-state index is 13.3. The molecule has 0 unspecified atom stereocenters. The predicted molar refractivity (Wildman–Crippen MR) is 125 cm³/mol. The van der Waals surface area contributed by atoms with Gasteiger partial charge in [-0.15, -0.1) is 10.2 Å². The minimum atomic E-state index is -3.75. The number of benzene rings is 2. The molecule has 0 radical (unpaired) electrons. The number of hydrogen-bond acceptors (Lipinski definition) is 5. The van der Waals surface area contributed by atoms with Gasteiger partial charge in [0.25, 0.3) is 15.9 Å². The first-order valence-electron chi connectivity index (χ1n) is 11.4. The Morgan fingerprint density at radius 2 is 1.85 bits per heavy atom. The van der Waals surface area contributed by atoms with Crippen LogP contribution in [0, 0.1) is 0 Å². The highest BCUT2D eigenvalue weighted by atomic mass is 32.2. The van der Waals surface area contributed by atoms with Crippen LogP contribution in [0.15, 0.2) is 53.4 Å². The Kier molecular flexibility index (Phi) is 5.88. The van der Waals surface area contributed by atoms with Crippen molar-refractivity contribution in [2.24, 2.45) is 0 Å². The number of amides is 1. The van der Waals surface area contributed by atoms with Crippen molar-refractivity contribution in [1.29, 1.82) is 0 Å². The number of aromatic nitrogens is 3. The van der Waals surface area contributed by atoms with Crippen LogP contribution in [0.2, 0.25) is 0 Å². The number of carbonyl (C=O) groups is 1. The Bertz CT molecular complexity index is 1280. The first kappa shape index (κ1) is 21.6. The lowest BCUT2D eigenvalue weighted by Crippen LogP contribution is -2.30. The van der Waals surface area contributed by atoms with Gasteiger partial charge in [-0.1, -0.05) is 30.7 Å². The van der Waals surface area contributed by atoms with E-state index in [1.807, 2.05) is 24.3 Å². The van der Waals surface area contributed by atoms with Crippen LogP contribution in [0.25, 0.3) is 0 Å². The first-order chi connectivity index (χ1) is 16.0. The summed E-state index contributed by atoms with van der Waals surface area (Å²) >= 11 is 0. The van der Waals surface area contributed by atoms with Gasteiger partial charge in [-0.3, -0.25) is 9.10 Å². The van der Waals surface area contributed by atoms with Gasteiger partial charge in [-0.2, -0.15) is 0 Å². The van der Waals surface area contributed by atoms with Crippen molar-refractivity contribution in [3.63, 3.8) is 0 Å². The molecule has 1 aromatic heterocycles. The summed E-state index contributed by atoms with van der Waals surface area (Å²) in [6, 6.07) is 13.8. The highest BCUT2D eigenvalue weighted by Gasteiger charge is 2.31. The van der Waals surface area contributed by atoms with Crippen LogP contribution in [0.3, 0.4) is 0 Å². The summed E-state index contributed by atoms with van der Waals surface area (Å²) < 4.78 is 30.2. The number of hydrogen-bond donors (Lipinski definition) is 1. The molecule has 3 heterocycles. The van der Waals surface area contributed by atoms with E-state index in [9.17, 15) is 13.2 Å². The summed E-state index contributed by atoms with van der Waals surface area (Å²) in [7, 11) is -3.75. The monoisotopic (exact) mass is 465 g/mol. The molecule has 1 N–H and O–H groups in total. The van der Waals surface area contributed by atoms with Crippen molar-refractivity contribution in [2.75, 3.05) is 17.4 Å². The Labute approximate surface area is 193 Å². The van der Waals surface area contributed by atoms with E-state index in [-0.39, 0.29) is 10.8 Å². The zero-order valence-electron chi connectivity index (χ0n) is 18.4. The van der Waals surface area contributed by atoms with Crippen LogP contribution in [0.4, 0.5) is 5.69 Å². The molecule has 2 aliphatic heterocycles. The van der Waals surface area contributed by atoms with Crippen LogP contribution < -0.4 is 9.62 Å². The SMILES string of the molecule is O=C(NCCc1nnc2n1CCCCC2)c1cccc(S(=O)(=O)N2CCc3ccccc32)c1. The molecule has 0 atom stereocenters. The Morgan fingerprint density at radius 1 is 0.970 bits per heavy atom. The molecule has 1 amide bonds. The Balaban J connectivity index is 1.27. The molecule has 0 saturated heterocycles. The lowest BCUT2D eigenvalue weighted by atomic mass is 10.2. The number of sulfonamides is 1.